The average Bonchev–Trinajstić information content (AvgIpc) is 2.66. The number of ketones is 1. The summed E-state index contributed by atoms with van der Waals surface area (Å²) in [4.78, 5) is 13.2. The quantitative estimate of drug-likeness (QED) is 0.657. The third kappa shape index (κ3) is 3.93. The zero-order valence-electron chi connectivity index (χ0n) is 16.2. The fourth-order valence-corrected chi connectivity index (χ4v) is 3.05. The van der Waals surface area contributed by atoms with Crippen LogP contribution >= 0.6 is 0 Å². The molecular formula is C21H26O5. The molecule has 0 aromatic heterocycles. The monoisotopic (exact) mass is 358 g/mol. The first-order valence-corrected chi connectivity index (χ1v) is 8.45. The Kier molecular flexibility index (Phi) is 6.50. The van der Waals surface area contributed by atoms with Gasteiger partial charge in [-0.15, -0.1) is 0 Å². The smallest absolute Gasteiger partial charge is 0.170 e. The molecular weight excluding hydrogens is 332 g/mol. The second-order valence-electron chi connectivity index (χ2n) is 6.27. The SMILES string of the molecule is COc1ccc(C(=O)[C@H](c2ccc(OC)c(OC)c2)C(C)C)cc1OC. The van der Waals surface area contributed by atoms with Crippen molar-refractivity contribution in [3.8, 4) is 23.0 Å². The van der Waals surface area contributed by atoms with Gasteiger partial charge in [0.05, 0.1) is 28.4 Å². The molecule has 140 valence electrons. The van der Waals surface area contributed by atoms with E-state index in [0.29, 0.717) is 28.6 Å². The second kappa shape index (κ2) is 8.61. The predicted octanol–water partition coefficient (Wildman–Crippen LogP) is 4.34. The molecule has 0 saturated heterocycles. The van der Waals surface area contributed by atoms with E-state index >= 15 is 0 Å². The van der Waals surface area contributed by atoms with Gasteiger partial charge in [-0.25, -0.2) is 0 Å². The van der Waals surface area contributed by atoms with E-state index < -0.39 is 0 Å². The number of methoxy groups -OCH3 is 4. The zero-order valence-corrected chi connectivity index (χ0v) is 16.2. The van der Waals surface area contributed by atoms with E-state index in [-0.39, 0.29) is 17.6 Å². The summed E-state index contributed by atoms with van der Waals surface area (Å²) in [7, 11) is 6.30. The summed E-state index contributed by atoms with van der Waals surface area (Å²) in [5.74, 6) is 2.19. The summed E-state index contributed by atoms with van der Waals surface area (Å²) in [6.45, 7) is 4.06. The molecule has 2 aromatic rings. The average molecular weight is 358 g/mol. The van der Waals surface area contributed by atoms with Gasteiger partial charge in [-0.05, 0) is 41.8 Å². The molecule has 2 rings (SSSR count). The summed E-state index contributed by atoms with van der Waals surface area (Å²) in [6.07, 6.45) is 0. The Bertz CT molecular complexity index is 767. The number of Topliss-reactive ketones (excluding diaryl/α,β-unsaturated/α-hetero) is 1. The molecule has 2 aromatic carbocycles. The molecule has 0 spiro atoms. The van der Waals surface area contributed by atoms with Gasteiger partial charge in [0.2, 0.25) is 0 Å². The Labute approximate surface area is 154 Å². The zero-order chi connectivity index (χ0) is 19.3. The van der Waals surface area contributed by atoms with Crippen molar-refractivity contribution in [1.29, 1.82) is 0 Å². The molecule has 0 aliphatic rings. The molecule has 0 heterocycles. The van der Waals surface area contributed by atoms with E-state index in [1.165, 1.54) is 0 Å². The molecule has 0 N–H and O–H groups in total. The van der Waals surface area contributed by atoms with Crippen molar-refractivity contribution in [2.75, 3.05) is 28.4 Å². The van der Waals surface area contributed by atoms with Crippen LogP contribution in [0.15, 0.2) is 36.4 Å². The van der Waals surface area contributed by atoms with Gasteiger partial charge in [-0.3, -0.25) is 4.79 Å². The second-order valence-corrected chi connectivity index (χ2v) is 6.27. The molecule has 0 saturated carbocycles. The van der Waals surface area contributed by atoms with Gasteiger partial charge in [0.1, 0.15) is 0 Å². The maximum Gasteiger partial charge on any atom is 0.170 e. The number of benzene rings is 2. The highest BCUT2D eigenvalue weighted by molar-refractivity contribution is 6.01. The van der Waals surface area contributed by atoms with Crippen molar-refractivity contribution >= 4 is 5.78 Å². The van der Waals surface area contributed by atoms with Crippen molar-refractivity contribution in [1.82, 2.24) is 0 Å². The van der Waals surface area contributed by atoms with E-state index in [4.69, 9.17) is 18.9 Å². The van der Waals surface area contributed by atoms with E-state index in [1.807, 2.05) is 32.0 Å². The topological polar surface area (TPSA) is 54.0 Å². The van der Waals surface area contributed by atoms with Gasteiger partial charge in [-0.2, -0.15) is 0 Å². The predicted molar refractivity (Wildman–Crippen MR) is 101 cm³/mol. The lowest BCUT2D eigenvalue weighted by atomic mass is 9.82. The molecule has 5 nitrogen and oxygen atoms in total. The summed E-state index contributed by atoms with van der Waals surface area (Å²) >= 11 is 0. The van der Waals surface area contributed by atoms with Crippen LogP contribution in [0.4, 0.5) is 0 Å². The Hall–Kier alpha value is -2.69. The third-order valence-corrected chi connectivity index (χ3v) is 4.38. The van der Waals surface area contributed by atoms with Gasteiger partial charge >= 0.3 is 0 Å². The van der Waals surface area contributed by atoms with Crippen LogP contribution in [-0.4, -0.2) is 34.2 Å². The van der Waals surface area contributed by atoms with Gasteiger partial charge in [0.15, 0.2) is 28.8 Å². The fourth-order valence-electron chi connectivity index (χ4n) is 3.05. The molecule has 0 aliphatic heterocycles. The molecule has 0 unspecified atom stereocenters. The van der Waals surface area contributed by atoms with E-state index in [9.17, 15) is 4.79 Å². The maximum atomic E-state index is 13.2. The summed E-state index contributed by atoms with van der Waals surface area (Å²) < 4.78 is 21.3. The van der Waals surface area contributed by atoms with Crippen LogP contribution in [0.2, 0.25) is 0 Å². The summed E-state index contributed by atoms with van der Waals surface area (Å²) in [6, 6.07) is 10.8. The molecule has 26 heavy (non-hydrogen) atoms. The largest absolute Gasteiger partial charge is 0.493 e. The highest BCUT2D eigenvalue weighted by Crippen LogP contribution is 2.36. The number of carbonyl (C=O) groups is 1. The lowest BCUT2D eigenvalue weighted by molar-refractivity contribution is 0.0937. The summed E-state index contributed by atoms with van der Waals surface area (Å²) in [5.41, 5.74) is 1.47. The van der Waals surface area contributed by atoms with E-state index in [0.717, 1.165) is 5.56 Å². The first kappa shape index (κ1) is 19.6. The Morgan fingerprint density at radius 3 is 1.73 bits per heavy atom. The first-order chi connectivity index (χ1) is 12.5. The molecule has 0 fully saturated rings. The van der Waals surface area contributed by atoms with Crippen LogP contribution < -0.4 is 18.9 Å². The van der Waals surface area contributed by atoms with E-state index in [1.54, 1.807) is 46.6 Å². The van der Waals surface area contributed by atoms with Gasteiger partial charge in [-0.1, -0.05) is 19.9 Å². The van der Waals surface area contributed by atoms with Crippen LogP contribution in [0.5, 0.6) is 23.0 Å². The first-order valence-electron chi connectivity index (χ1n) is 8.45. The van der Waals surface area contributed by atoms with Crippen LogP contribution in [0, 0.1) is 5.92 Å². The van der Waals surface area contributed by atoms with Crippen molar-refractivity contribution < 1.29 is 23.7 Å². The normalized spacial score (nSPS) is 11.8. The number of hydrogen-bond donors (Lipinski definition) is 0. The number of hydrogen-bond acceptors (Lipinski definition) is 5. The van der Waals surface area contributed by atoms with Gasteiger partial charge in [0, 0.05) is 11.5 Å². The molecule has 0 radical (unpaired) electrons. The van der Waals surface area contributed by atoms with Crippen LogP contribution in [0.25, 0.3) is 0 Å². The van der Waals surface area contributed by atoms with E-state index in [2.05, 4.69) is 0 Å². The number of rotatable bonds is 8. The van der Waals surface area contributed by atoms with Crippen LogP contribution in [0.1, 0.15) is 35.7 Å². The Balaban J connectivity index is 2.46. The molecule has 0 aliphatic carbocycles. The van der Waals surface area contributed by atoms with Crippen molar-refractivity contribution in [2.45, 2.75) is 19.8 Å². The molecule has 5 heteroatoms. The van der Waals surface area contributed by atoms with Crippen LogP contribution in [-0.2, 0) is 0 Å². The minimum absolute atomic E-state index is 0.0215. The van der Waals surface area contributed by atoms with Crippen molar-refractivity contribution in [2.24, 2.45) is 5.92 Å². The van der Waals surface area contributed by atoms with Crippen LogP contribution in [0.3, 0.4) is 0 Å². The number of ether oxygens (including phenoxy) is 4. The van der Waals surface area contributed by atoms with Gasteiger partial charge in [0.25, 0.3) is 0 Å². The number of carbonyl (C=O) groups excluding carboxylic acids is 1. The third-order valence-electron chi connectivity index (χ3n) is 4.38. The molecule has 1 atom stereocenters. The lowest BCUT2D eigenvalue weighted by Crippen LogP contribution is -2.19. The standard InChI is InChI=1S/C21H26O5/c1-13(2)20(14-7-9-16(23-3)18(11-14)25-5)21(22)15-8-10-17(24-4)19(12-15)26-6/h7-13,20H,1-6H3/t20-/m0/s1. The molecule has 0 bridgehead atoms. The summed E-state index contributed by atoms with van der Waals surface area (Å²) in [5, 5.41) is 0. The highest BCUT2D eigenvalue weighted by atomic mass is 16.5. The Morgan fingerprint density at radius 1 is 0.731 bits per heavy atom. The van der Waals surface area contributed by atoms with Crippen molar-refractivity contribution in [3.63, 3.8) is 0 Å². The minimum Gasteiger partial charge on any atom is -0.493 e. The maximum absolute atomic E-state index is 13.2. The Morgan fingerprint density at radius 2 is 1.23 bits per heavy atom. The van der Waals surface area contributed by atoms with Crippen molar-refractivity contribution in [3.05, 3.63) is 47.5 Å². The lowest BCUT2D eigenvalue weighted by Gasteiger charge is -2.22. The van der Waals surface area contributed by atoms with Gasteiger partial charge < -0.3 is 18.9 Å². The molecule has 0 amide bonds. The highest BCUT2D eigenvalue weighted by Gasteiger charge is 2.27. The fraction of sp³-hybridized carbons (Fsp3) is 0.381. The minimum atomic E-state index is -0.312.